The largest absolute Gasteiger partial charge is 0.485 e. The molecule has 22 heavy (non-hydrogen) atoms. The highest BCUT2D eigenvalue weighted by Gasteiger charge is 2.15. The second-order valence-corrected chi connectivity index (χ2v) is 4.59. The van der Waals surface area contributed by atoms with E-state index in [0.717, 1.165) is 17.0 Å². The zero-order valence-electron chi connectivity index (χ0n) is 11.5. The Morgan fingerprint density at radius 3 is 2.59 bits per heavy atom. The van der Waals surface area contributed by atoms with Crippen molar-refractivity contribution in [1.82, 2.24) is 0 Å². The molecule has 0 amide bonds. The average molecular weight is 289 g/mol. The minimum atomic E-state index is 0.00912. The number of benzene rings is 2. The third-order valence-corrected chi connectivity index (χ3v) is 3.14. The van der Waals surface area contributed by atoms with E-state index in [1.165, 1.54) is 6.20 Å². The first kappa shape index (κ1) is 13.5. The molecule has 0 saturated heterocycles. The van der Waals surface area contributed by atoms with Gasteiger partial charge in [0.1, 0.15) is 30.1 Å². The van der Waals surface area contributed by atoms with Crippen molar-refractivity contribution in [3.05, 3.63) is 59.8 Å². The number of ether oxygens (including phenoxy) is 2. The number of fused-ring (bicyclic) bond motifs is 2. The molecule has 0 aromatic heterocycles. The third kappa shape index (κ3) is 2.70. The Kier molecular flexibility index (Phi) is 3.63. The molecular weight excluding hydrogens is 278 g/mol. The van der Waals surface area contributed by atoms with Crippen LogP contribution in [0.25, 0.3) is 0 Å². The van der Waals surface area contributed by atoms with Crippen LogP contribution < -0.4 is 14.8 Å². The fraction of sp³-hybridized carbons (Fsp3) is 0.0588. The van der Waals surface area contributed by atoms with E-state index in [1.807, 2.05) is 42.5 Å². The van der Waals surface area contributed by atoms with Gasteiger partial charge in [-0.2, -0.15) is 10.5 Å². The van der Waals surface area contributed by atoms with Crippen LogP contribution in [-0.4, -0.2) is 0 Å². The van der Waals surface area contributed by atoms with Crippen LogP contribution in [-0.2, 0) is 6.61 Å². The summed E-state index contributed by atoms with van der Waals surface area (Å²) in [7, 11) is 0. The number of rotatable bonds is 2. The van der Waals surface area contributed by atoms with Gasteiger partial charge >= 0.3 is 0 Å². The maximum Gasteiger partial charge on any atom is 0.169 e. The molecule has 0 radical (unpaired) electrons. The summed E-state index contributed by atoms with van der Waals surface area (Å²) in [5.74, 6) is 2.10. The van der Waals surface area contributed by atoms with Crippen molar-refractivity contribution in [2.45, 2.75) is 6.61 Å². The molecule has 2 aromatic carbocycles. The first-order valence-electron chi connectivity index (χ1n) is 6.59. The summed E-state index contributed by atoms with van der Waals surface area (Å²) in [6, 6.07) is 16.6. The lowest BCUT2D eigenvalue weighted by Crippen LogP contribution is -1.96. The van der Waals surface area contributed by atoms with Gasteiger partial charge in [0.05, 0.1) is 0 Å². The van der Waals surface area contributed by atoms with Crippen molar-refractivity contribution in [2.24, 2.45) is 0 Å². The standard InChI is InChI=1S/C17H11N3O2/c18-8-12(9-19)10-20-14-5-6-15-13(7-14)11-21-16-3-1-2-4-17(16)22-15/h1-7,10,20H,11H2. The van der Waals surface area contributed by atoms with E-state index in [1.54, 1.807) is 12.1 Å². The molecule has 0 fully saturated rings. The number of hydrogen-bond donors (Lipinski definition) is 1. The van der Waals surface area contributed by atoms with Crippen LogP contribution in [0.4, 0.5) is 5.69 Å². The molecule has 106 valence electrons. The maximum atomic E-state index is 8.71. The predicted molar refractivity (Wildman–Crippen MR) is 80.2 cm³/mol. The fourth-order valence-corrected chi connectivity index (χ4v) is 2.05. The first-order chi connectivity index (χ1) is 10.8. The zero-order valence-corrected chi connectivity index (χ0v) is 11.5. The minimum absolute atomic E-state index is 0.00912. The van der Waals surface area contributed by atoms with Crippen LogP contribution in [0.2, 0.25) is 0 Å². The van der Waals surface area contributed by atoms with Crippen LogP contribution in [0.3, 0.4) is 0 Å². The SMILES string of the molecule is N#CC(C#N)=CNc1ccc2c(c1)COc1ccccc1O2. The molecule has 1 aliphatic heterocycles. The lowest BCUT2D eigenvalue weighted by atomic mass is 10.2. The average Bonchev–Trinajstić information content (AvgIpc) is 2.74. The molecule has 5 heteroatoms. The Balaban J connectivity index is 1.86. The highest BCUT2D eigenvalue weighted by Crippen LogP contribution is 2.37. The van der Waals surface area contributed by atoms with E-state index in [4.69, 9.17) is 20.0 Å². The van der Waals surface area contributed by atoms with Crippen LogP contribution in [0, 0.1) is 22.7 Å². The molecule has 0 unspecified atom stereocenters. The molecule has 0 aliphatic carbocycles. The van der Waals surface area contributed by atoms with Gasteiger partial charge < -0.3 is 14.8 Å². The molecule has 1 heterocycles. The van der Waals surface area contributed by atoms with E-state index < -0.39 is 0 Å². The van der Waals surface area contributed by atoms with Crippen molar-refractivity contribution >= 4 is 5.69 Å². The first-order valence-corrected chi connectivity index (χ1v) is 6.59. The second-order valence-electron chi connectivity index (χ2n) is 4.59. The summed E-state index contributed by atoms with van der Waals surface area (Å²) in [4.78, 5) is 0. The zero-order chi connectivity index (χ0) is 15.4. The number of anilines is 1. The van der Waals surface area contributed by atoms with E-state index in [0.29, 0.717) is 18.1 Å². The minimum Gasteiger partial charge on any atom is -0.485 e. The van der Waals surface area contributed by atoms with Gasteiger partial charge in [0.15, 0.2) is 11.5 Å². The number of hydrogen-bond acceptors (Lipinski definition) is 5. The van der Waals surface area contributed by atoms with Crippen LogP contribution >= 0.6 is 0 Å². The quantitative estimate of drug-likeness (QED) is 0.852. The van der Waals surface area contributed by atoms with E-state index in [-0.39, 0.29) is 5.57 Å². The monoisotopic (exact) mass is 289 g/mol. The molecule has 1 N–H and O–H groups in total. The van der Waals surface area contributed by atoms with Crippen molar-refractivity contribution in [3.8, 4) is 29.4 Å². The van der Waals surface area contributed by atoms with E-state index in [2.05, 4.69) is 5.32 Å². The Morgan fingerprint density at radius 2 is 1.82 bits per heavy atom. The van der Waals surface area contributed by atoms with E-state index in [9.17, 15) is 0 Å². The highest BCUT2D eigenvalue weighted by molar-refractivity contribution is 5.56. The van der Waals surface area contributed by atoms with Gasteiger partial charge in [-0.25, -0.2) is 0 Å². The van der Waals surface area contributed by atoms with Crippen molar-refractivity contribution < 1.29 is 9.47 Å². The summed E-state index contributed by atoms with van der Waals surface area (Å²) in [6.45, 7) is 0.384. The topological polar surface area (TPSA) is 78.1 Å². The Labute approximate surface area is 127 Å². The summed E-state index contributed by atoms with van der Waals surface area (Å²) in [6.07, 6.45) is 1.37. The molecular formula is C17H11N3O2. The van der Waals surface area contributed by atoms with Gasteiger partial charge in [0.25, 0.3) is 0 Å². The van der Waals surface area contributed by atoms with Gasteiger partial charge in [0.2, 0.25) is 0 Å². The molecule has 0 spiro atoms. The lowest BCUT2D eigenvalue weighted by molar-refractivity contribution is 0.307. The molecule has 0 atom stereocenters. The number of allylic oxidation sites excluding steroid dienone is 1. The highest BCUT2D eigenvalue weighted by atomic mass is 16.5. The van der Waals surface area contributed by atoms with Crippen molar-refractivity contribution in [3.63, 3.8) is 0 Å². The summed E-state index contributed by atoms with van der Waals surface area (Å²) < 4.78 is 11.6. The van der Waals surface area contributed by atoms with Crippen molar-refractivity contribution in [1.29, 1.82) is 10.5 Å². The predicted octanol–water partition coefficient (Wildman–Crippen LogP) is 3.71. The number of para-hydroxylation sites is 2. The molecule has 0 saturated carbocycles. The molecule has 1 aliphatic rings. The molecule has 5 nitrogen and oxygen atoms in total. The maximum absolute atomic E-state index is 8.71. The van der Waals surface area contributed by atoms with E-state index >= 15 is 0 Å². The van der Waals surface area contributed by atoms with Gasteiger partial charge in [-0.15, -0.1) is 0 Å². The fourth-order valence-electron chi connectivity index (χ4n) is 2.05. The number of nitriles is 2. The summed E-state index contributed by atoms with van der Waals surface area (Å²) in [5, 5.41) is 20.3. The molecule has 0 bridgehead atoms. The smallest absolute Gasteiger partial charge is 0.169 e. The normalized spacial score (nSPS) is 11.2. The molecule has 2 aromatic rings. The molecule has 3 rings (SSSR count). The number of nitrogens with zero attached hydrogens (tertiary/aromatic N) is 2. The Bertz CT molecular complexity index is 813. The Hall–Kier alpha value is -3.44. The Morgan fingerprint density at radius 1 is 1.05 bits per heavy atom. The van der Waals surface area contributed by atoms with Crippen molar-refractivity contribution in [2.75, 3.05) is 5.32 Å². The van der Waals surface area contributed by atoms with Crippen LogP contribution in [0.15, 0.2) is 54.2 Å². The van der Waals surface area contributed by atoms with Gasteiger partial charge in [-0.3, -0.25) is 0 Å². The second kappa shape index (κ2) is 5.90. The van der Waals surface area contributed by atoms with Gasteiger partial charge in [-0.1, -0.05) is 12.1 Å². The third-order valence-electron chi connectivity index (χ3n) is 3.14. The van der Waals surface area contributed by atoms with Crippen LogP contribution in [0.1, 0.15) is 5.56 Å². The number of nitrogens with one attached hydrogen (secondary N) is 1. The van der Waals surface area contributed by atoms with Gasteiger partial charge in [0, 0.05) is 17.5 Å². The van der Waals surface area contributed by atoms with Gasteiger partial charge in [-0.05, 0) is 30.3 Å². The lowest BCUT2D eigenvalue weighted by Gasteiger charge is -2.08. The summed E-state index contributed by atoms with van der Waals surface area (Å²) >= 11 is 0. The summed E-state index contributed by atoms with van der Waals surface area (Å²) in [5.41, 5.74) is 1.64. The van der Waals surface area contributed by atoms with Crippen LogP contribution in [0.5, 0.6) is 17.2 Å².